The number of carbonyl (C=O) groups is 3. The Morgan fingerprint density at radius 1 is 0.875 bits per heavy atom. The molecule has 1 aliphatic heterocycles. The quantitative estimate of drug-likeness (QED) is 0.158. The van der Waals surface area contributed by atoms with Gasteiger partial charge in [-0.25, -0.2) is 4.99 Å². The molecule has 0 radical (unpaired) electrons. The molecule has 0 aliphatic carbocycles. The predicted octanol–water partition coefficient (Wildman–Crippen LogP) is 8.05. The number of fused-ring (bicyclic) bond motifs is 1. The summed E-state index contributed by atoms with van der Waals surface area (Å²) in [5, 5.41) is 4.02. The van der Waals surface area contributed by atoms with Gasteiger partial charge < -0.3 is 16.0 Å². The Kier molecular flexibility index (Phi) is 11.3. The van der Waals surface area contributed by atoms with Crippen LogP contribution in [0.5, 0.6) is 0 Å². The van der Waals surface area contributed by atoms with Crippen molar-refractivity contribution in [1.82, 2.24) is 5.32 Å². The number of hydrogen-bond acceptors (Lipinski definition) is 4. The number of aliphatic imine (C=N–C) groups is 1. The van der Waals surface area contributed by atoms with Crippen LogP contribution in [0.3, 0.4) is 0 Å². The van der Waals surface area contributed by atoms with Crippen LogP contribution in [0.1, 0.15) is 56.7 Å². The number of nitrogens with two attached hydrogens (primary N) is 1. The molecule has 48 heavy (non-hydrogen) atoms. The van der Waals surface area contributed by atoms with Gasteiger partial charge in [0.15, 0.2) is 0 Å². The van der Waals surface area contributed by atoms with Crippen LogP contribution in [0.4, 0.5) is 5.69 Å². The molecule has 3 atom stereocenters. The van der Waals surface area contributed by atoms with Crippen LogP contribution in [0, 0.1) is 17.8 Å². The molecule has 1 aliphatic rings. The highest BCUT2D eigenvalue weighted by Crippen LogP contribution is 2.34. The van der Waals surface area contributed by atoms with Gasteiger partial charge in [-0.15, -0.1) is 0 Å². The van der Waals surface area contributed by atoms with Crippen molar-refractivity contribution in [2.75, 3.05) is 4.90 Å². The third kappa shape index (κ3) is 7.97. The highest BCUT2D eigenvalue weighted by molar-refractivity contribution is 6.36. The molecule has 0 aromatic heterocycles. The Morgan fingerprint density at radius 2 is 1.58 bits per heavy atom. The summed E-state index contributed by atoms with van der Waals surface area (Å²) in [7, 11) is 0. The molecule has 0 saturated heterocycles. The summed E-state index contributed by atoms with van der Waals surface area (Å²) in [6.45, 7) is 6.15. The molecule has 0 fully saturated rings. The number of nitrogens with one attached hydrogen (secondary N) is 1. The van der Waals surface area contributed by atoms with E-state index in [9.17, 15) is 14.4 Å². The maximum absolute atomic E-state index is 14.6. The maximum Gasteiger partial charge on any atom is 0.272 e. The van der Waals surface area contributed by atoms with Crippen LogP contribution in [0.25, 0.3) is 11.1 Å². The van der Waals surface area contributed by atoms with Crippen LogP contribution in [-0.2, 0) is 20.9 Å². The number of benzene rings is 4. The van der Waals surface area contributed by atoms with Crippen molar-refractivity contribution in [2.24, 2.45) is 28.5 Å². The van der Waals surface area contributed by atoms with E-state index in [1.807, 2.05) is 106 Å². The molecule has 4 aromatic carbocycles. The van der Waals surface area contributed by atoms with E-state index in [1.165, 1.54) is 0 Å². The third-order valence-corrected chi connectivity index (χ3v) is 9.10. The number of nitrogens with zero attached hydrogens (tertiary/aromatic N) is 2. The molecule has 0 saturated carbocycles. The van der Waals surface area contributed by atoms with Gasteiger partial charge in [-0.05, 0) is 54.2 Å². The van der Waals surface area contributed by atoms with Crippen LogP contribution in [-0.4, -0.2) is 29.6 Å². The number of para-hydroxylation sites is 1. The Hall–Kier alpha value is -4.46. The molecular weight excluding hydrogens is 643 g/mol. The smallest absolute Gasteiger partial charge is 0.272 e. The number of benzodiazepines with no additional fused rings is 1. The first-order valence-corrected chi connectivity index (χ1v) is 17.0. The molecule has 3 N–H and O–H groups in total. The molecule has 3 amide bonds. The second kappa shape index (κ2) is 15.6. The van der Waals surface area contributed by atoms with Crippen molar-refractivity contribution in [3.8, 4) is 11.1 Å². The van der Waals surface area contributed by atoms with Crippen molar-refractivity contribution in [3.63, 3.8) is 0 Å². The second-order valence-electron chi connectivity index (χ2n) is 12.6. The summed E-state index contributed by atoms with van der Waals surface area (Å²) in [6, 6.07) is 30.4. The number of amides is 3. The number of rotatable bonds is 12. The molecule has 0 bridgehead atoms. The van der Waals surface area contributed by atoms with Crippen LogP contribution in [0.2, 0.25) is 10.0 Å². The lowest BCUT2D eigenvalue weighted by Gasteiger charge is -2.29. The average Bonchev–Trinajstić information content (AvgIpc) is 3.17. The molecule has 3 unspecified atom stereocenters. The molecule has 9 heteroatoms. The predicted molar refractivity (Wildman–Crippen MR) is 194 cm³/mol. The summed E-state index contributed by atoms with van der Waals surface area (Å²) in [6.07, 6.45) is 0.360. The highest BCUT2D eigenvalue weighted by atomic mass is 35.5. The summed E-state index contributed by atoms with van der Waals surface area (Å²) < 4.78 is 0. The van der Waals surface area contributed by atoms with Crippen LogP contribution in [0.15, 0.2) is 102 Å². The normalized spacial score (nSPS) is 15.7. The van der Waals surface area contributed by atoms with Gasteiger partial charge in [0, 0.05) is 38.6 Å². The lowest BCUT2D eigenvalue weighted by atomic mass is 9.81. The van der Waals surface area contributed by atoms with Gasteiger partial charge in [0.1, 0.15) is 0 Å². The Labute approximate surface area is 292 Å². The zero-order valence-electron chi connectivity index (χ0n) is 27.3. The Bertz CT molecular complexity index is 1830. The van der Waals surface area contributed by atoms with Gasteiger partial charge in [-0.3, -0.25) is 14.4 Å². The Balaban J connectivity index is 1.58. The number of carbonyl (C=O) groups excluding carboxylic acids is 3. The summed E-state index contributed by atoms with van der Waals surface area (Å²) in [4.78, 5) is 47.9. The average molecular weight is 684 g/mol. The van der Waals surface area contributed by atoms with Gasteiger partial charge >= 0.3 is 0 Å². The third-order valence-electron chi connectivity index (χ3n) is 8.56. The second-order valence-corrected chi connectivity index (χ2v) is 13.4. The molecule has 4 aromatic rings. The minimum Gasteiger partial charge on any atom is -0.369 e. The fraction of sp³-hybridized carbons (Fsp3) is 0.282. The van der Waals surface area contributed by atoms with E-state index in [0.29, 0.717) is 40.7 Å². The van der Waals surface area contributed by atoms with E-state index in [1.54, 1.807) is 17.0 Å². The van der Waals surface area contributed by atoms with E-state index >= 15 is 0 Å². The minimum absolute atomic E-state index is 0.120. The zero-order chi connectivity index (χ0) is 34.4. The van der Waals surface area contributed by atoms with E-state index in [-0.39, 0.29) is 12.5 Å². The highest BCUT2D eigenvalue weighted by Gasteiger charge is 2.37. The monoisotopic (exact) mass is 682 g/mol. The van der Waals surface area contributed by atoms with Gasteiger partial charge in [-0.1, -0.05) is 123 Å². The zero-order valence-corrected chi connectivity index (χ0v) is 28.8. The van der Waals surface area contributed by atoms with Gasteiger partial charge in [0.25, 0.3) is 5.91 Å². The SMILES string of the molecule is CCCC(C(N)=O)C(CC(C)C)C(=O)NC1N=C(c2ccccc2)c2ccccc2N(Cc2cccc(-c3ccc(Cl)cc3Cl)c2)C1=O. The number of anilines is 1. The van der Waals surface area contributed by atoms with Gasteiger partial charge in [0.05, 0.1) is 17.9 Å². The molecule has 5 rings (SSSR count). The van der Waals surface area contributed by atoms with E-state index < -0.39 is 35.7 Å². The molecule has 248 valence electrons. The molecule has 1 heterocycles. The van der Waals surface area contributed by atoms with Crippen molar-refractivity contribution in [2.45, 2.75) is 52.7 Å². The lowest BCUT2D eigenvalue weighted by molar-refractivity contribution is -0.136. The summed E-state index contributed by atoms with van der Waals surface area (Å²) in [5.41, 5.74) is 11.2. The topological polar surface area (TPSA) is 105 Å². The number of primary amides is 1. The van der Waals surface area contributed by atoms with E-state index in [4.69, 9.17) is 33.9 Å². The van der Waals surface area contributed by atoms with Crippen molar-refractivity contribution >= 4 is 52.3 Å². The summed E-state index contributed by atoms with van der Waals surface area (Å²) >= 11 is 12.7. The standard InChI is InChI=1S/C39H40Cl2N4O3/c1-4-11-30(36(42)46)32(20-24(2)3)38(47)44-37-39(48)45(23-25-12-10-15-27(21-25)29-19-18-28(40)22-33(29)41)34-17-9-8-16-31(34)35(43-37)26-13-6-5-7-14-26/h5-10,12-19,21-22,24,30,32,37H,4,11,20,23H2,1-3H3,(H2,42,46)(H,44,47). The first-order valence-electron chi connectivity index (χ1n) is 16.2. The van der Waals surface area contributed by atoms with Crippen molar-refractivity contribution in [1.29, 1.82) is 0 Å². The molecular formula is C39H40Cl2N4O3. The lowest BCUT2D eigenvalue weighted by Crippen LogP contribution is -2.50. The molecule has 0 spiro atoms. The fourth-order valence-corrected chi connectivity index (χ4v) is 6.83. The van der Waals surface area contributed by atoms with Crippen LogP contribution < -0.4 is 16.0 Å². The van der Waals surface area contributed by atoms with Crippen molar-refractivity contribution in [3.05, 3.63) is 124 Å². The van der Waals surface area contributed by atoms with Gasteiger partial charge in [0.2, 0.25) is 18.0 Å². The van der Waals surface area contributed by atoms with Crippen molar-refractivity contribution < 1.29 is 14.4 Å². The van der Waals surface area contributed by atoms with E-state index in [2.05, 4.69) is 5.32 Å². The fourth-order valence-electron chi connectivity index (χ4n) is 6.31. The Morgan fingerprint density at radius 3 is 2.27 bits per heavy atom. The molecule has 7 nitrogen and oxygen atoms in total. The number of halogens is 2. The first kappa shape index (κ1) is 34.9. The number of hydrogen-bond donors (Lipinski definition) is 2. The van der Waals surface area contributed by atoms with Crippen LogP contribution >= 0.6 is 23.2 Å². The maximum atomic E-state index is 14.6. The minimum atomic E-state index is -1.25. The van der Waals surface area contributed by atoms with E-state index in [0.717, 1.165) is 27.8 Å². The largest absolute Gasteiger partial charge is 0.369 e. The van der Waals surface area contributed by atoms with Gasteiger partial charge in [-0.2, -0.15) is 0 Å². The summed E-state index contributed by atoms with van der Waals surface area (Å²) in [5.74, 6) is -2.58. The first-order chi connectivity index (χ1) is 23.1.